The van der Waals surface area contributed by atoms with Crippen molar-refractivity contribution < 1.29 is 19.0 Å². The fraction of sp³-hybridized carbons (Fsp3) is 0.250. The summed E-state index contributed by atoms with van der Waals surface area (Å²) in [5, 5.41) is 0. The topological polar surface area (TPSA) is 44.8 Å². The van der Waals surface area contributed by atoms with Gasteiger partial charge in [-0.1, -0.05) is 35.7 Å². The summed E-state index contributed by atoms with van der Waals surface area (Å²) < 4.78 is 17.3. The molecule has 5 heteroatoms. The molecule has 0 saturated heterocycles. The number of carbonyl (C=O) groups is 1. The summed E-state index contributed by atoms with van der Waals surface area (Å²) in [4.78, 5) is 12.0. The van der Waals surface area contributed by atoms with Gasteiger partial charge in [-0.05, 0) is 54.1 Å². The second-order valence-electron chi connectivity index (χ2n) is 5.27. The Balaban J connectivity index is 2.22. The van der Waals surface area contributed by atoms with Gasteiger partial charge in [0.2, 0.25) is 0 Å². The van der Waals surface area contributed by atoms with Crippen molar-refractivity contribution in [3.05, 3.63) is 56.7 Å². The van der Waals surface area contributed by atoms with Crippen molar-refractivity contribution >= 4 is 28.6 Å². The van der Waals surface area contributed by atoms with E-state index < -0.39 is 5.97 Å². The molecule has 2 aromatic carbocycles. The lowest BCUT2D eigenvalue weighted by Crippen LogP contribution is -2.08. The zero-order chi connectivity index (χ0) is 18.2. The summed E-state index contributed by atoms with van der Waals surface area (Å²) in [5.41, 5.74) is 2.63. The van der Waals surface area contributed by atoms with E-state index in [-0.39, 0.29) is 6.61 Å². The molecule has 0 saturated carbocycles. The second-order valence-corrected chi connectivity index (χ2v) is 6.44. The van der Waals surface area contributed by atoms with E-state index in [2.05, 4.69) is 28.5 Å². The number of hydrogen-bond acceptors (Lipinski definition) is 4. The molecule has 0 aliphatic heterocycles. The van der Waals surface area contributed by atoms with Crippen LogP contribution in [0.1, 0.15) is 28.4 Å². The molecule has 0 atom stereocenters. The smallest absolute Gasteiger partial charge is 0.339 e. The fourth-order valence-corrected chi connectivity index (χ4v) is 2.88. The highest BCUT2D eigenvalue weighted by atomic mass is 127. The number of hydrogen-bond donors (Lipinski definition) is 0. The zero-order valence-electron chi connectivity index (χ0n) is 14.2. The molecule has 2 aromatic rings. The van der Waals surface area contributed by atoms with Crippen molar-refractivity contribution in [1.29, 1.82) is 0 Å². The minimum Gasteiger partial charge on any atom is -0.490 e. The molecule has 2 rings (SSSR count). The number of rotatable bonds is 7. The van der Waals surface area contributed by atoms with Crippen molar-refractivity contribution in [3.63, 3.8) is 0 Å². The van der Waals surface area contributed by atoms with Gasteiger partial charge in [0.25, 0.3) is 0 Å². The number of benzene rings is 2. The van der Waals surface area contributed by atoms with Gasteiger partial charge in [-0.2, -0.15) is 0 Å². The Morgan fingerprint density at radius 1 is 1.20 bits per heavy atom. The molecule has 0 bridgehead atoms. The predicted molar refractivity (Wildman–Crippen MR) is 105 cm³/mol. The Morgan fingerprint density at radius 3 is 2.56 bits per heavy atom. The number of terminal acetylenes is 1. The van der Waals surface area contributed by atoms with Crippen LogP contribution in [0.5, 0.6) is 11.5 Å². The lowest BCUT2D eigenvalue weighted by atomic mass is 10.1. The maximum absolute atomic E-state index is 12.0. The van der Waals surface area contributed by atoms with Crippen molar-refractivity contribution in [1.82, 2.24) is 0 Å². The molecule has 0 spiro atoms. The Kier molecular flexibility index (Phi) is 7.14. The third kappa shape index (κ3) is 5.40. The molecular formula is C20H19IO4. The average molecular weight is 450 g/mol. The third-order valence-corrected chi connectivity index (χ3v) is 4.14. The van der Waals surface area contributed by atoms with Crippen LogP contribution in [-0.4, -0.2) is 19.2 Å². The monoisotopic (exact) mass is 450 g/mol. The molecular weight excluding hydrogens is 431 g/mol. The minimum absolute atomic E-state index is 0.0644. The van der Waals surface area contributed by atoms with Crippen molar-refractivity contribution in [2.45, 2.75) is 20.5 Å². The fourth-order valence-electron chi connectivity index (χ4n) is 2.12. The normalized spacial score (nSPS) is 10.0. The van der Waals surface area contributed by atoms with Crippen LogP contribution in [0.3, 0.4) is 0 Å². The standard InChI is InChI=1S/C20H19IO4/c1-4-10-24-20(22)16-11-17(21)19(18(12-16)23-5-2)25-13-15-8-6-14(3)7-9-15/h1,6-9,11-12H,5,10,13H2,2-3H3. The second kappa shape index (κ2) is 9.33. The molecule has 0 N–H and O–H groups in total. The first-order valence-electron chi connectivity index (χ1n) is 7.80. The number of carbonyl (C=O) groups excluding carboxylic acids is 1. The Morgan fingerprint density at radius 2 is 1.92 bits per heavy atom. The van der Waals surface area contributed by atoms with Crippen LogP contribution in [0, 0.1) is 22.8 Å². The third-order valence-electron chi connectivity index (χ3n) is 3.34. The molecule has 0 aromatic heterocycles. The molecule has 0 amide bonds. The largest absolute Gasteiger partial charge is 0.490 e. The van der Waals surface area contributed by atoms with E-state index in [0.29, 0.717) is 30.3 Å². The van der Waals surface area contributed by atoms with Gasteiger partial charge in [0, 0.05) is 0 Å². The van der Waals surface area contributed by atoms with E-state index in [1.54, 1.807) is 12.1 Å². The van der Waals surface area contributed by atoms with Crippen LogP contribution >= 0.6 is 22.6 Å². The molecule has 0 fully saturated rings. The van der Waals surface area contributed by atoms with Gasteiger partial charge < -0.3 is 14.2 Å². The van der Waals surface area contributed by atoms with E-state index in [9.17, 15) is 4.79 Å². The van der Waals surface area contributed by atoms with Gasteiger partial charge in [0.05, 0.1) is 15.7 Å². The van der Waals surface area contributed by atoms with E-state index in [0.717, 1.165) is 9.13 Å². The lowest BCUT2D eigenvalue weighted by Gasteiger charge is -2.15. The first-order valence-corrected chi connectivity index (χ1v) is 8.88. The van der Waals surface area contributed by atoms with Crippen LogP contribution < -0.4 is 9.47 Å². The molecule has 0 heterocycles. The average Bonchev–Trinajstić information content (AvgIpc) is 2.60. The molecule has 4 nitrogen and oxygen atoms in total. The maximum atomic E-state index is 12.0. The minimum atomic E-state index is -0.484. The maximum Gasteiger partial charge on any atom is 0.339 e. The number of aryl methyl sites for hydroxylation is 1. The molecule has 130 valence electrons. The van der Waals surface area contributed by atoms with E-state index in [1.165, 1.54) is 5.56 Å². The van der Waals surface area contributed by atoms with Gasteiger partial charge in [-0.3, -0.25) is 0 Å². The van der Waals surface area contributed by atoms with Gasteiger partial charge in [-0.15, -0.1) is 6.42 Å². The Bertz CT molecular complexity index is 776. The Labute approximate surface area is 161 Å². The predicted octanol–water partition coefficient (Wildman–Crippen LogP) is 4.37. The lowest BCUT2D eigenvalue weighted by molar-refractivity contribution is 0.0556. The van der Waals surface area contributed by atoms with E-state index >= 15 is 0 Å². The molecule has 0 aliphatic carbocycles. The number of ether oxygens (including phenoxy) is 3. The highest BCUT2D eigenvalue weighted by Crippen LogP contribution is 2.35. The Hall–Kier alpha value is -2.20. The van der Waals surface area contributed by atoms with Gasteiger partial charge in [0.1, 0.15) is 6.61 Å². The quantitative estimate of drug-likeness (QED) is 0.357. The first-order chi connectivity index (χ1) is 12.0. The van der Waals surface area contributed by atoms with Crippen molar-refractivity contribution in [3.8, 4) is 23.8 Å². The summed E-state index contributed by atoms with van der Waals surface area (Å²) in [7, 11) is 0. The number of esters is 1. The van der Waals surface area contributed by atoms with E-state index in [4.69, 9.17) is 20.6 Å². The van der Waals surface area contributed by atoms with Crippen LogP contribution in [-0.2, 0) is 11.3 Å². The highest BCUT2D eigenvalue weighted by Gasteiger charge is 2.17. The van der Waals surface area contributed by atoms with Crippen LogP contribution in [0.4, 0.5) is 0 Å². The molecule has 25 heavy (non-hydrogen) atoms. The summed E-state index contributed by atoms with van der Waals surface area (Å²) >= 11 is 2.12. The molecule has 0 radical (unpaired) electrons. The van der Waals surface area contributed by atoms with Crippen molar-refractivity contribution in [2.24, 2.45) is 0 Å². The summed E-state index contributed by atoms with van der Waals surface area (Å²) in [6.45, 7) is 4.72. The van der Waals surface area contributed by atoms with Gasteiger partial charge in [-0.25, -0.2) is 4.79 Å². The molecule has 0 unspecified atom stereocenters. The van der Waals surface area contributed by atoms with Crippen molar-refractivity contribution in [2.75, 3.05) is 13.2 Å². The van der Waals surface area contributed by atoms with Crippen LogP contribution in [0.2, 0.25) is 0 Å². The molecule has 0 aliphatic rings. The summed E-state index contributed by atoms with van der Waals surface area (Å²) in [6, 6.07) is 11.4. The highest BCUT2D eigenvalue weighted by molar-refractivity contribution is 14.1. The number of halogens is 1. The zero-order valence-corrected chi connectivity index (χ0v) is 16.3. The summed E-state index contributed by atoms with van der Waals surface area (Å²) in [5.74, 6) is 2.91. The summed E-state index contributed by atoms with van der Waals surface area (Å²) in [6.07, 6.45) is 5.12. The SMILES string of the molecule is C#CCOC(=O)c1cc(I)c(OCc2ccc(C)cc2)c(OCC)c1. The van der Waals surface area contributed by atoms with Gasteiger partial charge >= 0.3 is 5.97 Å². The van der Waals surface area contributed by atoms with Crippen LogP contribution in [0.15, 0.2) is 36.4 Å². The van der Waals surface area contributed by atoms with E-state index in [1.807, 2.05) is 38.1 Å². The van der Waals surface area contributed by atoms with Gasteiger partial charge in [0.15, 0.2) is 18.1 Å². The van der Waals surface area contributed by atoms with Crippen LogP contribution in [0.25, 0.3) is 0 Å². The first kappa shape index (κ1) is 19.1.